The van der Waals surface area contributed by atoms with Crippen LogP contribution in [0.25, 0.3) is 0 Å². The molecule has 1 aromatic rings. The average Bonchev–Trinajstić information content (AvgIpc) is 3.10. The maximum absolute atomic E-state index is 5.48. The van der Waals surface area contributed by atoms with Gasteiger partial charge in [-0.2, -0.15) is 0 Å². The molecule has 0 bridgehead atoms. The molecule has 2 N–H and O–H groups in total. The number of nitrogens with zero attached hydrogens (tertiary/aromatic N) is 2. The number of aliphatic imine (C=N–C) groups is 1. The van der Waals surface area contributed by atoms with Crippen LogP contribution in [0.5, 0.6) is 0 Å². The van der Waals surface area contributed by atoms with E-state index in [0.717, 1.165) is 57.5 Å². The lowest BCUT2D eigenvalue weighted by Gasteiger charge is -2.35. The van der Waals surface area contributed by atoms with Crippen molar-refractivity contribution in [3.05, 3.63) is 24.2 Å². The molecule has 1 aliphatic rings. The Morgan fingerprint density at radius 3 is 2.71 bits per heavy atom. The Bertz CT molecular complexity index is 467. The second-order valence-electron chi connectivity index (χ2n) is 6.64. The molecule has 1 unspecified atom stereocenters. The third kappa shape index (κ3) is 6.53. The number of nitrogens with one attached hydrogen (secondary N) is 2. The van der Waals surface area contributed by atoms with E-state index >= 15 is 0 Å². The monoisotopic (exact) mass is 336 g/mol. The fraction of sp³-hybridized carbons (Fsp3) is 0.722. The van der Waals surface area contributed by atoms with Crippen molar-refractivity contribution in [3.63, 3.8) is 0 Å². The molecule has 1 fully saturated rings. The van der Waals surface area contributed by atoms with Crippen molar-refractivity contribution in [2.24, 2.45) is 10.9 Å². The lowest BCUT2D eigenvalue weighted by molar-refractivity contribution is 0.0132. The molecule has 0 spiro atoms. The Balaban J connectivity index is 1.77. The highest BCUT2D eigenvalue weighted by atomic mass is 16.5. The molecule has 24 heavy (non-hydrogen) atoms. The molecule has 1 saturated heterocycles. The van der Waals surface area contributed by atoms with E-state index in [2.05, 4.69) is 34.4 Å². The van der Waals surface area contributed by atoms with Crippen molar-refractivity contribution < 1.29 is 9.15 Å². The van der Waals surface area contributed by atoms with Crippen molar-refractivity contribution in [1.29, 1.82) is 0 Å². The Morgan fingerprint density at radius 1 is 1.29 bits per heavy atom. The smallest absolute Gasteiger partial charge is 0.191 e. The van der Waals surface area contributed by atoms with E-state index < -0.39 is 0 Å². The zero-order valence-electron chi connectivity index (χ0n) is 15.3. The lowest BCUT2D eigenvalue weighted by Crippen LogP contribution is -2.51. The molecule has 1 atom stereocenters. The van der Waals surface area contributed by atoms with Gasteiger partial charge in [-0.1, -0.05) is 13.8 Å². The third-order valence-corrected chi connectivity index (χ3v) is 4.28. The van der Waals surface area contributed by atoms with Crippen LogP contribution in [-0.4, -0.2) is 63.3 Å². The first-order valence-electron chi connectivity index (χ1n) is 8.97. The van der Waals surface area contributed by atoms with Crippen LogP contribution in [0, 0.1) is 5.92 Å². The van der Waals surface area contributed by atoms with Crippen LogP contribution in [0.3, 0.4) is 0 Å². The van der Waals surface area contributed by atoms with Gasteiger partial charge >= 0.3 is 0 Å². The van der Waals surface area contributed by atoms with E-state index in [9.17, 15) is 0 Å². The van der Waals surface area contributed by atoms with Gasteiger partial charge < -0.3 is 19.8 Å². The summed E-state index contributed by atoms with van der Waals surface area (Å²) in [4.78, 5) is 6.86. The lowest BCUT2D eigenvalue weighted by atomic mass is 10.0. The summed E-state index contributed by atoms with van der Waals surface area (Å²) in [6, 6.07) is 4.42. The molecule has 1 aliphatic heterocycles. The second kappa shape index (κ2) is 10.4. The van der Waals surface area contributed by atoms with Gasteiger partial charge in [0.25, 0.3) is 0 Å². The van der Waals surface area contributed by atoms with Gasteiger partial charge in [0, 0.05) is 45.7 Å². The fourth-order valence-corrected chi connectivity index (χ4v) is 3.04. The van der Waals surface area contributed by atoms with Gasteiger partial charge in [0.1, 0.15) is 5.76 Å². The van der Waals surface area contributed by atoms with E-state index in [0.29, 0.717) is 12.0 Å². The summed E-state index contributed by atoms with van der Waals surface area (Å²) in [5.41, 5.74) is 0. The predicted octanol–water partition coefficient (Wildman–Crippen LogP) is 1.73. The Labute approximate surface area is 145 Å². The second-order valence-corrected chi connectivity index (χ2v) is 6.64. The Hall–Kier alpha value is -1.53. The molecule has 0 saturated carbocycles. The molecular weight excluding hydrogens is 304 g/mol. The normalized spacial score (nSPS) is 17.9. The third-order valence-electron chi connectivity index (χ3n) is 4.28. The topological polar surface area (TPSA) is 62.0 Å². The van der Waals surface area contributed by atoms with Crippen molar-refractivity contribution in [3.8, 4) is 0 Å². The highest BCUT2D eigenvalue weighted by Gasteiger charge is 2.22. The van der Waals surface area contributed by atoms with E-state index in [1.54, 1.807) is 6.26 Å². The Morgan fingerprint density at radius 2 is 2.08 bits per heavy atom. The highest BCUT2D eigenvalue weighted by Crippen LogP contribution is 2.13. The number of morpholine rings is 1. The largest absolute Gasteiger partial charge is 0.469 e. The highest BCUT2D eigenvalue weighted by molar-refractivity contribution is 5.79. The maximum atomic E-state index is 5.48. The minimum absolute atomic E-state index is 0.512. The van der Waals surface area contributed by atoms with E-state index in [1.807, 2.05) is 19.2 Å². The van der Waals surface area contributed by atoms with Crippen molar-refractivity contribution >= 4 is 5.96 Å². The molecule has 0 amide bonds. The van der Waals surface area contributed by atoms with Crippen molar-refractivity contribution in [2.75, 3.05) is 46.4 Å². The molecule has 0 aliphatic carbocycles. The number of rotatable bonds is 8. The van der Waals surface area contributed by atoms with E-state index in [4.69, 9.17) is 9.15 Å². The van der Waals surface area contributed by atoms with Gasteiger partial charge in [0.05, 0.1) is 19.5 Å². The van der Waals surface area contributed by atoms with Gasteiger partial charge in [-0.25, -0.2) is 0 Å². The standard InChI is InChI=1S/C18H32N4O2/c1-15(2)13-16(22-8-11-23-12-9-22)14-21-18(19-3)20-7-6-17-5-4-10-24-17/h4-5,10,15-16H,6-9,11-14H2,1-3H3,(H2,19,20,21). The van der Waals surface area contributed by atoms with Crippen molar-refractivity contribution in [2.45, 2.75) is 32.7 Å². The Kier molecular flexibility index (Phi) is 8.12. The van der Waals surface area contributed by atoms with Gasteiger partial charge in [0.2, 0.25) is 0 Å². The minimum Gasteiger partial charge on any atom is -0.469 e. The summed E-state index contributed by atoms with van der Waals surface area (Å²) in [6.45, 7) is 9.98. The van der Waals surface area contributed by atoms with Gasteiger partial charge in [-0.3, -0.25) is 9.89 Å². The zero-order chi connectivity index (χ0) is 17.2. The molecule has 2 rings (SSSR count). The molecule has 0 aromatic carbocycles. The zero-order valence-corrected chi connectivity index (χ0v) is 15.3. The fourth-order valence-electron chi connectivity index (χ4n) is 3.04. The van der Waals surface area contributed by atoms with Crippen LogP contribution in [0.1, 0.15) is 26.0 Å². The SMILES string of the molecule is CN=C(NCCc1ccco1)NCC(CC(C)C)N1CCOCC1. The predicted molar refractivity (Wildman–Crippen MR) is 97.4 cm³/mol. The molecule has 1 aromatic heterocycles. The molecular formula is C18H32N4O2. The molecule has 6 heteroatoms. The number of hydrogen-bond acceptors (Lipinski definition) is 4. The summed E-state index contributed by atoms with van der Waals surface area (Å²) < 4.78 is 10.8. The van der Waals surface area contributed by atoms with Crippen LogP contribution in [0.15, 0.2) is 27.8 Å². The van der Waals surface area contributed by atoms with E-state index in [-0.39, 0.29) is 0 Å². The maximum Gasteiger partial charge on any atom is 0.191 e. The number of furan rings is 1. The van der Waals surface area contributed by atoms with Gasteiger partial charge in [0.15, 0.2) is 5.96 Å². The van der Waals surface area contributed by atoms with Crippen LogP contribution in [0.4, 0.5) is 0 Å². The molecule has 0 radical (unpaired) electrons. The molecule has 2 heterocycles. The number of hydrogen-bond donors (Lipinski definition) is 2. The summed E-state index contributed by atoms with van der Waals surface area (Å²) in [5, 5.41) is 6.83. The average molecular weight is 336 g/mol. The summed E-state index contributed by atoms with van der Waals surface area (Å²) in [6.07, 6.45) is 3.74. The molecule has 136 valence electrons. The van der Waals surface area contributed by atoms with Crippen LogP contribution < -0.4 is 10.6 Å². The molecule has 6 nitrogen and oxygen atoms in total. The quantitative estimate of drug-likeness (QED) is 0.559. The van der Waals surface area contributed by atoms with Crippen LogP contribution >= 0.6 is 0 Å². The van der Waals surface area contributed by atoms with Gasteiger partial charge in [-0.15, -0.1) is 0 Å². The van der Waals surface area contributed by atoms with Gasteiger partial charge in [-0.05, 0) is 24.5 Å². The van der Waals surface area contributed by atoms with Crippen molar-refractivity contribution in [1.82, 2.24) is 15.5 Å². The number of ether oxygens (including phenoxy) is 1. The first-order valence-corrected chi connectivity index (χ1v) is 8.97. The number of guanidine groups is 1. The minimum atomic E-state index is 0.512. The summed E-state index contributed by atoms with van der Waals surface area (Å²) in [5.74, 6) is 2.51. The summed E-state index contributed by atoms with van der Waals surface area (Å²) >= 11 is 0. The van der Waals surface area contributed by atoms with Crippen LogP contribution in [0.2, 0.25) is 0 Å². The van der Waals surface area contributed by atoms with E-state index in [1.165, 1.54) is 6.42 Å². The first-order chi connectivity index (χ1) is 11.7. The van der Waals surface area contributed by atoms with Crippen LogP contribution in [-0.2, 0) is 11.2 Å². The first kappa shape index (κ1) is 18.8. The summed E-state index contributed by atoms with van der Waals surface area (Å²) in [7, 11) is 1.81.